The Kier molecular flexibility index (Phi) is 6.05. The highest BCUT2D eigenvalue weighted by Crippen LogP contribution is 2.36. The Morgan fingerprint density at radius 1 is 1.09 bits per heavy atom. The molecule has 2 heterocycles. The van der Waals surface area contributed by atoms with Crippen LogP contribution in [0.15, 0.2) is 76.1 Å². The third kappa shape index (κ3) is 4.16. The van der Waals surface area contributed by atoms with Gasteiger partial charge in [-0.1, -0.05) is 38.1 Å². The van der Waals surface area contributed by atoms with Crippen molar-refractivity contribution in [2.75, 3.05) is 0 Å². The predicted molar refractivity (Wildman–Crippen MR) is 132 cm³/mol. The van der Waals surface area contributed by atoms with Gasteiger partial charge in [0.15, 0.2) is 0 Å². The van der Waals surface area contributed by atoms with Gasteiger partial charge < -0.3 is 9.32 Å². The number of nitrogens with zero attached hydrogens (tertiary/aromatic N) is 3. The van der Waals surface area contributed by atoms with Gasteiger partial charge in [-0.15, -0.1) is 0 Å². The highest BCUT2D eigenvalue weighted by Gasteiger charge is 2.38. The number of furan rings is 1. The molecule has 5 rings (SSSR count). The number of rotatable bonds is 8. The van der Waals surface area contributed by atoms with Gasteiger partial charge in [-0.05, 0) is 67.6 Å². The number of carbonyl (C=O) groups excluding carboxylic acids is 1. The third-order valence-corrected chi connectivity index (χ3v) is 6.58. The first-order valence-corrected chi connectivity index (χ1v) is 12.0. The molecule has 0 bridgehead atoms. The summed E-state index contributed by atoms with van der Waals surface area (Å²) >= 11 is 0. The summed E-state index contributed by atoms with van der Waals surface area (Å²) in [4.78, 5) is 34.1. The number of hydrogen-bond acceptors (Lipinski definition) is 4. The summed E-state index contributed by atoms with van der Waals surface area (Å²) < 4.78 is 7.28. The molecule has 1 aliphatic rings. The summed E-state index contributed by atoms with van der Waals surface area (Å²) in [5.74, 6) is 1.43. The van der Waals surface area contributed by atoms with Gasteiger partial charge in [0.05, 0.1) is 35.4 Å². The van der Waals surface area contributed by atoms with Gasteiger partial charge in [-0.2, -0.15) is 0 Å². The van der Waals surface area contributed by atoms with Crippen molar-refractivity contribution in [1.82, 2.24) is 14.5 Å². The normalized spacial score (nSPS) is 14.3. The highest BCUT2D eigenvalue weighted by atomic mass is 16.3. The topological polar surface area (TPSA) is 68.3 Å². The van der Waals surface area contributed by atoms with E-state index >= 15 is 0 Å². The fourth-order valence-corrected chi connectivity index (χ4v) is 4.52. The van der Waals surface area contributed by atoms with Crippen molar-refractivity contribution in [1.29, 1.82) is 0 Å². The zero-order chi connectivity index (χ0) is 23.7. The van der Waals surface area contributed by atoms with E-state index in [1.807, 2.05) is 72.5 Å². The average Bonchev–Trinajstić information content (AvgIpc) is 3.60. The Morgan fingerprint density at radius 3 is 2.50 bits per heavy atom. The molecule has 1 amide bonds. The molecule has 0 aliphatic heterocycles. The van der Waals surface area contributed by atoms with Crippen LogP contribution in [-0.2, 0) is 17.8 Å². The summed E-state index contributed by atoms with van der Waals surface area (Å²) in [5.41, 5.74) is 2.47. The molecule has 1 unspecified atom stereocenters. The molecular formula is C28H29N3O3. The van der Waals surface area contributed by atoms with E-state index in [9.17, 15) is 9.59 Å². The Morgan fingerprint density at radius 2 is 1.85 bits per heavy atom. The zero-order valence-corrected chi connectivity index (χ0v) is 19.6. The number of amides is 1. The molecule has 174 valence electrons. The Hall–Kier alpha value is -3.67. The first kappa shape index (κ1) is 22.1. The van der Waals surface area contributed by atoms with Gasteiger partial charge in [0.1, 0.15) is 11.6 Å². The van der Waals surface area contributed by atoms with Crippen LogP contribution in [0.1, 0.15) is 56.3 Å². The number of carbonyl (C=O) groups is 1. The number of aromatic nitrogens is 2. The minimum Gasteiger partial charge on any atom is -0.467 e. The zero-order valence-electron chi connectivity index (χ0n) is 19.6. The Bertz CT molecular complexity index is 1350. The summed E-state index contributed by atoms with van der Waals surface area (Å²) in [5, 5.41) is 0.562. The van der Waals surface area contributed by atoms with E-state index in [0.717, 1.165) is 30.7 Å². The number of para-hydroxylation sites is 1. The molecule has 2 aromatic heterocycles. The molecule has 0 radical (unpaired) electrons. The minimum absolute atomic E-state index is 0.0356. The highest BCUT2D eigenvalue weighted by molar-refractivity contribution is 5.82. The van der Waals surface area contributed by atoms with E-state index in [0.29, 0.717) is 29.7 Å². The smallest absolute Gasteiger partial charge is 0.266 e. The van der Waals surface area contributed by atoms with Gasteiger partial charge in [0, 0.05) is 5.92 Å². The number of aryl methyl sites for hydroxylation is 1. The summed E-state index contributed by atoms with van der Waals surface area (Å²) in [6.07, 6.45) is 4.97. The standard InChI is InChI=1S/C28H29N3O3/c1-3-19-11-15-21(16-12-19)31-26(29-24-10-6-5-9-23(24)28(31)33)25(4-2)30(27(32)20-13-14-20)18-22-8-7-17-34-22/h5-12,15-17,20,25H,3-4,13-14,18H2,1-2H3. The molecule has 4 aromatic rings. The second kappa shape index (κ2) is 9.29. The van der Waals surface area contributed by atoms with E-state index in [-0.39, 0.29) is 23.4 Å². The van der Waals surface area contributed by atoms with Crippen molar-refractivity contribution in [3.05, 3.63) is 94.4 Å². The third-order valence-electron chi connectivity index (χ3n) is 6.58. The molecule has 2 aromatic carbocycles. The molecule has 0 saturated heterocycles. The van der Waals surface area contributed by atoms with Crippen molar-refractivity contribution in [2.45, 2.75) is 52.1 Å². The van der Waals surface area contributed by atoms with Gasteiger partial charge in [-0.25, -0.2) is 4.98 Å². The summed E-state index contributed by atoms with van der Waals surface area (Å²) in [6, 6.07) is 18.7. The second-order valence-corrected chi connectivity index (χ2v) is 8.89. The van der Waals surface area contributed by atoms with E-state index in [1.54, 1.807) is 10.8 Å². The van der Waals surface area contributed by atoms with Crippen molar-refractivity contribution >= 4 is 16.8 Å². The van der Waals surface area contributed by atoms with Crippen LogP contribution in [0.25, 0.3) is 16.6 Å². The Labute approximate surface area is 198 Å². The van der Waals surface area contributed by atoms with Crippen LogP contribution < -0.4 is 5.56 Å². The van der Waals surface area contributed by atoms with Gasteiger partial charge in [0.2, 0.25) is 5.91 Å². The molecule has 1 fully saturated rings. The van der Waals surface area contributed by atoms with Crippen LogP contribution in [0.2, 0.25) is 0 Å². The average molecular weight is 456 g/mol. The lowest BCUT2D eigenvalue weighted by atomic mass is 10.1. The van der Waals surface area contributed by atoms with Crippen LogP contribution in [-0.4, -0.2) is 20.4 Å². The van der Waals surface area contributed by atoms with Crippen molar-refractivity contribution in [3.8, 4) is 5.69 Å². The van der Waals surface area contributed by atoms with E-state index < -0.39 is 0 Å². The summed E-state index contributed by atoms with van der Waals surface area (Å²) in [7, 11) is 0. The first-order valence-electron chi connectivity index (χ1n) is 12.0. The van der Waals surface area contributed by atoms with Gasteiger partial charge in [-0.3, -0.25) is 14.2 Å². The van der Waals surface area contributed by atoms with Gasteiger partial charge in [0.25, 0.3) is 5.56 Å². The SMILES string of the molecule is CCc1ccc(-n2c(C(CC)N(Cc3ccco3)C(=O)C3CC3)nc3ccccc3c2=O)cc1. The minimum atomic E-state index is -0.374. The van der Waals surface area contributed by atoms with Crippen LogP contribution in [0, 0.1) is 5.92 Å². The molecule has 34 heavy (non-hydrogen) atoms. The monoisotopic (exact) mass is 455 g/mol. The molecule has 1 aliphatic carbocycles. The number of fused-ring (bicyclic) bond motifs is 1. The van der Waals surface area contributed by atoms with Crippen LogP contribution in [0.3, 0.4) is 0 Å². The molecule has 6 nitrogen and oxygen atoms in total. The van der Waals surface area contributed by atoms with Gasteiger partial charge >= 0.3 is 0 Å². The van der Waals surface area contributed by atoms with Crippen LogP contribution in [0.4, 0.5) is 0 Å². The quantitative estimate of drug-likeness (QED) is 0.355. The fourth-order valence-electron chi connectivity index (χ4n) is 4.52. The lowest BCUT2D eigenvalue weighted by molar-refractivity contribution is -0.136. The molecule has 0 spiro atoms. The van der Waals surface area contributed by atoms with E-state index in [4.69, 9.17) is 9.40 Å². The van der Waals surface area contributed by atoms with Crippen molar-refractivity contribution in [2.24, 2.45) is 5.92 Å². The molecular weight excluding hydrogens is 426 g/mol. The lowest BCUT2D eigenvalue weighted by Crippen LogP contribution is -2.38. The number of benzene rings is 2. The maximum absolute atomic E-state index is 13.8. The molecule has 1 atom stereocenters. The second-order valence-electron chi connectivity index (χ2n) is 8.89. The fraction of sp³-hybridized carbons (Fsp3) is 0.321. The van der Waals surface area contributed by atoms with Crippen molar-refractivity contribution < 1.29 is 9.21 Å². The first-order chi connectivity index (χ1) is 16.6. The summed E-state index contributed by atoms with van der Waals surface area (Å²) in [6.45, 7) is 4.48. The Balaban J connectivity index is 1.70. The largest absolute Gasteiger partial charge is 0.467 e. The van der Waals surface area contributed by atoms with Crippen LogP contribution in [0.5, 0.6) is 0 Å². The van der Waals surface area contributed by atoms with Crippen LogP contribution >= 0.6 is 0 Å². The molecule has 6 heteroatoms. The lowest BCUT2D eigenvalue weighted by Gasteiger charge is -2.32. The van der Waals surface area contributed by atoms with E-state index in [1.165, 1.54) is 5.56 Å². The van der Waals surface area contributed by atoms with Crippen molar-refractivity contribution in [3.63, 3.8) is 0 Å². The maximum atomic E-state index is 13.8. The maximum Gasteiger partial charge on any atom is 0.266 e. The molecule has 1 saturated carbocycles. The number of hydrogen-bond donors (Lipinski definition) is 0. The van der Waals surface area contributed by atoms with E-state index in [2.05, 4.69) is 6.92 Å². The predicted octanol–water partition coefficient (Wildman–Crippen LogP) is 5.43. The molecule has 0 N–H and O–H groups in total.